The maximum atomic E-state index is 13.7. The van der Waals surface area contributed by atoms with E-state index in [0.717, 1.165) is 0 Å². The minimum atomic E-state index is -10.3. The summed E-state index contributed by atoms with van der Waals surface area (Å²) in [5.41, 5.74) is 2.06. The zero-order valence-electron chi connectivity index (χ0n) is 21.1. The lowest BCUT2D eigenvalue weighted by atomic mass is 9.80. The Morgan fingerprint density at radius 1 is 1.17 bits per heavy atom. The molecule has 0 aromatic heterocycles. The van der Waals surface area contributed by atoms with Gasteiger partial charge in [0, 0.05) is 6.26 Å². The third kappa shape index (κ3) is 4.89. The number of carbonyl (C=O) groups is 2. The van der Waals surface area contributed by atoms with Crippen molar-refractivity contribution in [2.24, 2.45) is 16.3 Å². The molecule has 0 bridgehead atoms. The van der Waals surface area contributed by atoms with E-state index < -0.39 is 81.3 Å². The fourth-order valence-corrected chi connectivity index (χ4v) is 8.84. The number of rotatable bonds is 8. The van der Waals surface area contributed by atoms with Crippen LogP contribution in [0.25, 0.3) is 0 Å². The van der Waals surface area contributed by atoms with Crippen LogP contribution in [0.5, 0.6) is 0 Å². The van der Waals surface area contributed by atoms with E-state index in [1.807, 2.05) is 0 Å². The molecular weight excluding hydrogens is 656 g/mol. The number of primary amides is 1. The highest BCUT2D eigenvalue weighted by Gasteiger charge is 2.79. The summed E-state index contributed by atoms with van der Waals surface area (Å²) >= 11 is 12.1. The number of carboxylic acid groups (broad SMARTS) is 1. The average molecular weight is 676 g/mol. The van der Waals surface area contributed by atoms with E-state index in [4.69, 9.17) is 28.9 Å². The van der Waals surface area contributed by atoms with Crippen LogP contribution in [0.3, 0.4) is 0 Å². The molecule has 1 aliphatic heterocycles. The molecule has 10 nitrogen and oxygen atoms in total. The van der Waals surface area contributed by atoms with Crippen molar-refractivity contribution in [2.45, 2.75) is 35.2 Å². The molecule has 2 aromatic rings. The van der Waals surface area contributed by atoms with Crippen molar-refractivity contribution in [2.75, 3.05) is 11.3 Å². The van der Waals surface area contributed by atoms with E-state index in [0.29, 0.717) is 16.2 Å². The summed E-state index contributed by atoms with van der Waals surface area (Å²) in [6, 6.07) is 8.80. The van der Waals surface area contributed by atoms with Gasteiger partial charge in [0.25, 0.3) is 0 Å². The van der Waals surface area contributed by atoms with Gasteiger partial charge in [0.15, 0.2) is 26.5 Å². The van der Waals surface area contributed by atoms with Crippen LogP contribution in [0.1, 0.15) is 18.4 Å². The summed E-state index contributed by atoms with van der Waals surface area (Å²) in [6.07, 6.45) is -3.89. The van der Waals surface area contributed by atoms with Gasteiger partial charge in [0.05, 0.1) is 27.7 Å². The topological polar surface area (TPSA) is 157 Å². The van der Waals surface area contributed by atoms with Crippen molar-refractivity contribution < 1.29 is 42.5 Å². The van der Waals surface area contributed by atoms with Crippen molar-refractivity contribution in [1.82, 2.24) is 4.90 Å². The molecule has 1 aliphatic carbocycles. The molecule has 4 rings (SSSR count). The van der Waals surface area contributed by atoms with E-state index in [1.165, 1.54) is 24.3 Å². The fraction of sp³-hybridized carbons (Fsp3) is 0.304. The zero-order chi connectivity index (χ0) is 31.7. The lowest BCUT2D eigenvalue weighted by molar-refractivity contribution is -0.124. The molecule has 2 unspecified atom stereocenters. The second kappa shape index (κ2) is 9.09. The second-order valence-corrected chi connectivity index (χ2v) is 15.2. The molecule has 19 heteroatoms. The van der Waals surface area contributed by atoms with Gasteiger partial charge >= 0.3 is 16.3 Å². The maximum Gasteiger partial charge on any atom is 0.409 e. The van der Waals surface area contributed by atoms with Gasteiger partial charge in [0.2, 0.25) is 5.91 Å². The smallest absolute Gasteiger partial charge is 0.409 e. The van der Waals surface area contributed by atoms with Gasteiger partial charge in [-0.25, -0.2) is 18.2 Å². The number of hydrazone groups is 1. The van der Waals surface area contributed by atoms with Gasteiger partial charge in [-0.15, -0.1) is 0 Å². The number of halogens is 7. The Kier molecular flexibility index (Phi) is 6.84. The van der Waals surface area contributed by atoms with E-state index in [2.05, 4.69) is 5.10 Å². The Labute approximate surface area is 245 Å². The van der Waals surface area contributed by atoms with Gasteiger partial charge in [-0.1, -0.05) is 73.0 Å². The Balaban J connectivity index is 2.11. The minimum Gasteiger partial charge on any atom is -0.465 e. The van der Waals surface area contributed by atoms with Crippen LogP contribution in [0, 0.1) is 16.7 Å². The quantitative estimate of drug-likeness (QED) is 0.330. The second-order valence-electron chi connectivity index (χ2n) is 9.83. The van der Waals surface area contributed by atoms with Crippen molar-refractivity contribution in [1.29, 1.82) is 5.26 Å². The predicted molar refractivity (Wildman–Crippen MR) is 146 cm³/mol. The standard InChI is InChI=1S/C23H20Cl2F5N5O5S2/c1-41(39,40)23(22(7-8-22)19(32)36)17(11-31)33-35(20(23)34(21(37)38)12-13-5-3-2-4-6-13)18-15(24)9-14(10-16(18)25)42(26,27,28,29)30/h2-6,9-10,20H,7-8,12H2,1H3,(H2,32,36)(H,37,38). The molecular formula is C23H20Cl2F5N5O5S2. The highest BCUT2D eigenvalue weighted by Crippen LogP contribution is 3.02. The van der Waals surface area contributed by atoms with Crippen LogP contribution in [-0.2, 0) is 21.2 Å². The number of hydrogen-bond donors (Lipinski definition) is 2. The van der Waals surface area contributed by atoms with Crippen LogP contribution in [-0.4, -0.2) is 53.3 Å². The molecule has 0 saturated heterocycles. The molecule has 2 atom stereocenters. The molecule has 2 amide bonds. The number of hydrogen-bond acceptors (Lipinski definition) is 7. The first-order chi connectivity index (χ1) is 19.0. The summed E-state index contributed by atoms with van der Waals surface area (Å²) in [5, 5.41) is 22.6. The number of nitrogens with zero attached hydrogens (tertiary/aromatic N) is 4. The summed E-state index contributed by atoms with van der Waals surface area (Å²) in [4.78, 5) is 23.6. The number of nitriles is 1. The van der Waals surface area contributed by atoms with Gasteiger partial charge in [-0.3, -0.25) is 9.69 Å². The average Bonchev–Trinajstić information content (AvgIpc) is 3.57. The third-order valence-corrected chi connectivity index (χ3v) is 10.8. The largest absolute Gasteiger partial charge is 0.465 e. The van der Waals surface area contributed by atoms with Crippen LogP contribution in [0.4, 0.5) is 29.9 Å². The SMILES string of the molecule is CS(=O)(=O)C1(C2(C(N)=O)CC2)C(C#N)=NN(c2c(Cl)cc(S(F)(F)(F)(F)F)cc2Cl)C1N(Cc1ccccc1)C(=O)O. The Bertz CT molecular complexity index is 1680. The number of amides is 2. The van der Waals surface area contributed by atoms with E-state index in [-0.39, 0.29) is 30.5 Å². The highest BCUT2D eigenvalue weighted by molar-refractivity contribution is 8.45. The number of anilines is 1. The number of benzene rings is 2. The number of carbonyl (C=O) groups excluding carboxylic acids is 1. The molecule has 0 radical (unpaired) electrons. The van der Waals surface area contributed by atoms with Crippen LogP contribution >= 0.6 is 33.4 Å². The number of nitrogens with two attached hydrogens (primary N) is 1. The monoisotopic (exact) mass is 675 g/mol. The Hall–Kier alpha value is -3.33. The Morgan fingerprint density at radius 3 is 2.07 bits per heavy atom. The van der Waals surface area contributed by atoms with E-state index >= 15 is 0 Å². The summed E-state index contributed by atoms with van der Waals surface area (Å²) in [7, 11) is -15.1. The summed E-state index contributed by atoms with van der Waals surface area (Å²) < 4.78 is 92.6. The van der Waals surface area contributed by atoms with Crippen LogP contribution in [0.15, 0.2) is 52.5 Å². The number of sulfone groups is 1. The Morgan fingerprint density at radius 2 is 1.69 bits per heavy atom. The molecule has 228 valence electrons. The maximum absolute atomic E-state index is 13.7. The predicted octanol–water partition coefficient (Wildman–Crippen LogP) is 5.91. The van der Waals surface area contributed by atoms with Gasteiger partial charge in [-0.2, -0.15) is 10.4 Å². The lowest BCUT2D eigenvalue weighted by Crippen LogP contribution is -2.69. The summed E-state index contributed by atoms with van der Waals surface area (Å²) in [5.74, 6) is -1.22. The molecule has 3 N–H and O–H groups in total. The zero-order valence-corrected chi connectivity index (χ0v) is 24.3. The van der Waals surface area contributed by atoms with Crippen molar-refractivity contribution >= 4 is 66.7 Å². The molecule has 1 saturated carbocycles. The molecule has 42 heavy (non-hydrogen) atoms. The first kappa shape index (κ1) is 31.6. The lowest BCUT2D eigenvalue weighted by Gasteiger charge is -2.45. The molecule has 2 aromatic carbocycles. The first-order valence-electron chi connectivity index (χ1n) is 11.6. The van der Waals surface area contributed by atoms with Crippen molar-refractivity contribution in [3.8, 4) is 6.07 Å². The molecule has 0 spiro atoms. The normalized spacial score (nSPS) is 23.3. The third-order valence-electron chi connectivity index (χ3n) is 7.18. The minimum absolute atomic E-state index is 0.174. The highest BCUT2D eigenvalue weighted by atomic mass is 35.5. The van der Waals surface area contributed by atoms with Crippen LogP contribution in [0.2, 0.25) is 10.0 Å². The van der Waals surface area contributed by atoms with Gasteiger partial charge < -0.3 is 10.8 Å². The molecule has 1 fully saturated rings. The van der Waals surface area contributed by atoms with E-state index in [9.17, 15) is 47.8 Å². The van der Waals surface area contributed by atoms with Gasteiger partial charge in [0.1, 0.15) is 11.0 Å². The van der Waals surface area contributed by atoms with Crippen LogP contribution < -0.4 is 10.7 Å². The molecule has 2 aliphatic rings. The molecule has 1 heterocycles. The van der Waals surface area contributed by atoms with E-state index in [1.54, 1.807) is 12.1 Å². The van der Waals surface area contributed by atoms with Crippen molar-refractivity contribution in [3.05, 3.63) is 58.1 Å². The summed E-state index contributed by atoms with van der Waals surface area (Å²) in [6.45, 7) is -0.601. The first-order valence-corrected chi connectivity index (χ1v) is 16.2. The fourth-order valence-electron chi connectivity index (χ4n) is 5.30. The van der Waals surface area contributed by atoms with Crippen molar-refractivity contribution in [3.63, 3.8) is 0 Å². The van der Waals surface area contributed by atoms with Gasteiger partial charge in [-0.05, 0) is 30.5 Å².